The summed E-state index contributed by atoms with van der Waals surface area (Å²) in [5.41, 5.74) is 0. The van der Waals surface area contributed by atoms with Crippen molar-refractivity contribution in [1.29, 1.82) is 0 Å². The molecule has 114 valence electrons. The van der Waals surface area contributed by atoms with Crippen LogP contribution in [-0.4, -0.2) is 51.8 Å². The normalized spacial score (nSPS) is 34.6. The molecule has 0 radical (unpaired) electrons. The van der Waals surface area contributed by atoms with Gasteiger partial charge in [0.2, 0.25) is 0 Å². The lowest BCUT2D eigenvalue weighted by Gasteiger charge is -2.28. The molecule has 6 heteroatoms. The lowest BCUT2D eigenvalue weighted by Crippen LogP contribution is -2.50. The molecule has 2 fully saturated rings. The van der Waals surface area contributed by atoms with Crippen LogP contribution in [0.15, 0.2) is 0 Å². The summed E-state index contributed by atoms with van der Waals surface area (Å²) in [4.78, 5) is 24.7. The Morgan fingerprint density at radius 3 is 2.60 bits per heavy atom. The van der Waals surface area contributed by atoms with Gasteiger partial charge >= 0.3 is 12.0 Å². The van der Waals surface area contributed by atoms with Gasteiger partial charge in [0.15, 0.2) is 0 Å². The van der Waals surface area contributed by atoms with Crippen molar-refractivity contribution in [2.24, 2.45) is 5.92 Å². The predicted octanol–water partition coefficient (Wildman–Crippen LogP) is 1.18. The Morgan fingerprint density at radius 2 is 1.90 bits per heavy atom. The maximum absolute atomic E-state index is 12.3. The molecule has 0 bridgehead atoms. The van der Waals surface area contributed by atoms with Crippen molar-refractivity contribution in [3.63, 3.8) is 0 Å². The predicted molar refractivity (Wildman–Crippen MR) is 73.3 cm³/mol. The standard InChI is InChI=1S/C14H24N2O4/c1-9-5-3-2-4-6-11(9)15-14(20)16-8-10(17)7-12(16)13(18)19/h9-12,17H,2-8H2,1H3,(H,15,20)(H,18,19)/t9?,10?,11?,12-/m0/s1. The van der Waals surface area contributed by atoms with E-state index in [2.05, 4.69) is 12.2 Å². The molecule has 6 nitrogen and oxygen atoms in total. The molecule has 1 aliphatic heterocycles. The number of likely N-dealkylation sites (tertiary alicyclic amines) is 1. The van der Waals surface area contributed by atoms with E-state index in [1.807, 2.05) is 0 Å². The highest BCUT2D eigenvalue weighted by Gasteiger charge is 2.39. The van der Waals surface area contributed by atoms with Gasteiger partial charge in [0.05, 0.1) is 6.10 Å². The Kier molecular flexibility index (Phi) is 4.86. The number of urea groups is 1. The lowest BCUT2D eigenvalue weighted by atomic mass is 9.97. The number of nitrogens with one attached hydrogen (secondary N) is 1. The molecule has 2 aliphatic rings. The van der Waals surface area contributed by atoms with E-state index in [0.717, 1.165) is 19.3 Å². The average Bonchev–Trinajstić information content (AvgIpc) is 2.68. The zero-order valence-electron chi connectivity index (χ0n) is 11.9. The second-order valence-electron chi connectivity index (χ2n) is 6.07. The Balaban J connectivity index is 1.97. The summed E-state index contributed by atoms with van der Waals surface area (Å²) in [7, 11) is 0. The fraction of sp³-hybridized carbons (Fsp3) is 0.857. The highest BCUT2D eigenvalue weighted by Crippen LogP contribution is 2.24. The SMILES string of the molecule is CC1CCCCCC1NC(=O)N1CC(O)C[C@H]1C(=O)O. The summed E-state index contributed by atoms with van der Waals surface area (Å²) in [6, 6.07) is -1.16. The summed E-state index contributed by atoms with van der Waals surface area (Å²) in [6.45, 7) is 2.23. The third kappa shape index (κ3) is 3.42. The first-order chi connectivity index (χ1) is 9.49. The minimum atomic E-state index is -1.05. The number of carbonyl (C=O) groups is 2. The first-order valence-electron chi connectivity index (χ1n) is 7.47. The minimum absolute atomic E-state index is 0.101. The van der Waals surface area contributed by atoms with Gasteiger partial charge in [0.1, 0.15) is 6.04 Å². The largest absolute Gasteiger partial charge is 0.480 e. The molecule has 0 aromatic heterocycles. The smallest absolute Gasteiger partial charge is 0.326 e. The van der Waals surface area contributed by atoms with E-state index >= 15 is 0 Å². The van der Waals surface area contributed by atoms with Crippen LogP contribution in [0.5, 0.6) is 0 Å². The number of hydrogen-bond donors (Lipinski definition) is 3. The summed E-state index contributed by atoms with van der Waals surface area (Å²) in [5.74, 6) is -0.636. The van der Waals surface area contributed by atoms with Crippen LogP contribution in [0.2, 0.25) is 0 Å². The van der Waals surface area contributed by atoms with Gasteiger partial charge in [0.25, 0.3) is 0 Å². The highest BCUT2D eigenvalue weighted by molar-refractivity contribution is 5.83. The van der Waals surface area contributed by atoms with Crippen LogP contribution in [-0.2, 0) is 4.79 Å². The van der Waals surface area contributed by atoms with Gasteiger partial charge < -0.3 is 20.4 Å². The maximum Gasteiger partial charge on any atom is 0.326 e. The summed E-state index contributed by atoms with van der Waals surface area (Å²) in [6.07, 6.45) is 4.89. The number of hydrogen-bond acceptors (Lipinski definition) is 3. The van der Waals surface area contributed by atoms with E-state index in [1.54, 1.807) is 0 Å². The van der Waals surface area contributed by atoms with E-state index in [0.29, 0.717) is 5.92 Å². The lowest BCUT2D eigenvalue weighted by molar-refractivity contribution is -0.141. The Morgan fingerprint density at radius 1 is 1.20 bits per heavy atom. The molecule has 1 heterocycles. The number of carbonyl (C=O) groups excluding carboxylic acids is 1. The van der Waals surface area contributed by atoms with Crippen LogP contribution in [0, 0.1) is 5.92 Å². The van der Waals surface area contributed by atoms with E-state index in [9.17, 15) is 14.7 Å². The van der Waals surface area contributed by atoms with Crippen molar-refractivity contribution in [3.05, 3.63) is 0 Å². The zero-order chi connectivity index (χ0) is 14.7. The number of aliphatic carboxylic acids is 1. The first-order valence-corrected chi connectivity index (χ1v) is 7.47. The Hall–Kier alpha value is -1.30. The van der Waals surface area contributed by atoms with Gasteiger partial charge in [-0.2, -0.15) is 0 Å². The van der Waals surface area contributed by atoms with Gasteiger partial charge in [-0.3, -0.25) is 0 Å². The van der Waals surface area contributed by atoms with Crippen molar-refractivity contribution in [3.8, 4) is 0 Å². The van der Waals surface area contributed by atoms with Crippen molar-refractivity contribution < 1.29 is 19.8 Å². The van der Waals surface area contributed by atoms with Crippen LogP contribution in [0.3, 0.4) is 0 Å². The van der Waals surface area contributed by atoms with E-state index in [4.69, 9.17) is 5.11 Å². The van der Waals surface area contributed by atoms with E-state index in [-0.39, 0.29) is 25.0 Å². The molecule has 4 atom stereocenters. The Labute approximate surface area is 119 Å². The molecule has 2 amide bonds. The molecule has 0 aromatic rings. The van der Waals surface area contributed by atoms with Gasteiger partial charge in [0, 0.05) is 19.0 Å². The number of aliphatic hydroxyl groups excluding tert-OH is 1. The van der Waals surface area contributed by atoms with Gasteiger partial charge in [-0.15, -0.1) is 0 Å². The van der Waals surface area contributed by atoms with Gasteiger partial charge in [-0.1, -0.05) is 26.2 Å². The molecule has 2 rings (SSSR count). The number of nitrogens with zero attached hydrogens (tertiary/aromatic N) is 1. The number of carboxylic acids is 1. The average molecular weight is 284 g/mol. The van der Waals surface area contributed by atoms with Crippen LogP contribution in [0.25, 0.3) is 0 Å². The number of aliphatic hydroxyl groups is 1. The quantitative estimate of drug-likeness (QED) is 0.664. The minimum Gasteiger partial charge on any atom is -0.480 e. The van der Waals surface area contributed by atoms with Crippen molar-refractivity contribution in [1.82, 2.24) is 10.2 Å². The molecular weight excluding hydrogens is 260 g/mol. The molecular formula is C14H24N2O4. The first kappa shape index (κ1) is 15.1. The molecule has 3 unspecified atom stereocenters. The number of amides is 2. The monoisotopic (exact) mass is 284 g/mol. The molecule has 0 spiro atoms. The second kappa shape index (κ2) is 6.43. The highest BCUT2D eigenvalue weighted by atomic mass is 16.4. The number of carboxylic acid groups (broad SMARTS) is 1. The molecule has 1 saturated carbocycles. The van der Waals surface area contributed by atoms with Crippen LogP contribution in [0.1, 0.15) is 45.4 Å². The molecule has 3 N–H and O–H groups in total. The fourth-order valence-electron chi connectivity index (χ4n) is 3.22. The van der Waals surface area contributed by atoms with Crippen LogP contribution < -0.4 is 5.32 Å². The van der Waals surface area contributed by atoms with E-state index in [1.165, 1.54) is 17.7 Å². The molecule has 0 aromatic carbocycles. The van der Waals surface area contributed by atoms with Crippen molar-refractivity contribution in [2.75, 3.05) is 6.54 Å². The number of rotatable bonds is 2. The number of β-amino-alcohol motifs (C(OH)–C–C–N with tert-alkyl or cyclic N) is 1. The van der Waals surface area contributed by atoms with Crippen molar-refractivity contribution in [2.45, 2.75) is 63.6 Å². The molecule has 1 saturated heterocycles. The molecule has 1 aliphatic carbocycles. The van der Waals surface area contributed by atoms with Crippen LogP contribution >= 0.6 is 0 Å². The van der Waals surface area contributed by atoms with Crippen LogP contribution in [0.4, 0.5) is 4.79 Å². The third-order valence-electron chi connectivity index (χ3n) is 4.50. The van der Waals surface area contributed by atoms with E-state index < -0.39 is 18.1 Å². The van der Waals surface area contributed by atoms with Crippen molar-refractivity contribution >= 4 is 12.0 Å². The maximum atomic E-state index is 12.3. The topological polar surface area (TPSA) is 89.9 Å². The summed E-state index contributed by atoms with van der Waals surface area (Å²) < 4.78 is 0. The van der Waals surface area contributed by atoms with Gasteiger partial charge in [-0.25, -0.2) is 9.59 Å². The molecule has 20 heavy (non-hydrogen) atoms. The Bertz CT molecular complexity index is 374. The second-order valence-corrected chi connectivity index (χ2v) is 6.07. The zero-order valence-corrected chi connectivity index (χ0v) is 11.9. The third-order valence-corrected chi connectivity index (χ3v) is 4.50. The van der Waals surface area contributed by atoms with Gasteiger partial charge in [-0.05, 0) is 18.8 Å². The summed E-state index contributed by atoms with van der Waals surface area (Å²) >= 11 is 0. The fourth-order valence-corrected chi connectivity index (χ4v) is 3.22. The summed E-state index contributed by atoms with van der Waals surface area (Å²) in [5, 5.41) is 21.7.